The zero-order valence-corrected chi connectivity index (χ0v) is 12.2. The van der Waals surface area contributed by atoms with E-state index >= 15 is 0 Å². The molecule has 0 aliphatic heterocycles. The Balaban J connectivity index is 2.04. The number of likely N-dealkylation sites (N-methyl/N-ethyl adjacent to an activating group) is 1. The number of amidine groups is 1. The van der Waals surface area contributed by atoms with Crippen molar-refractivity contribution in [3.8, 4) is 0 Å². The molecule has 2 aromatic carbocycles. The minimum absolute atomic E-state index is 0.00603. The Kier molecular flexibility index (Phi) is 4.64. The Morgan fingerprint density at radius 3 is 2.50 bits per heavy atom. The van der Waals surface area contributed by atoms with Crippen molar-refractivity contribution in [3.63, 3.8) is 0 Å². The number of nitrogens with one attached hydrogen (secondary N) is 1. The molecule has 0 atom stereocenters. The van der Waals surface area contributed by atoms with E-state index in [0.29, 0.717) is 10.6 Å². The number of benzene rings is 2. The van der Waals surface area contributed by atoms with Gasteiger partial charge in [-0.3, -0.25) is 5.41 Å². The van der Waals surface area contributed by atoms with Crippen LogP contribution in [0.15, 0.2) is 48.5 Å². The minimum atomic E-state index is -0.00603. The summed E-state index contributed by atoms with van der Waals surface area (Å²) in [6, 6.07) is 15.9. The lowest BCUT2D eigenvalue weighted by Crippen LogP contribution is -2.20. The number of nitrogen functional groups attached to an aromatic ring is 1. The zero-order chi connectivity index (χ0) is 14.5. The fourth-order valence-electron chi connectivity index (χ4n) is 2.03. The molecular formula is C16H18ClN3. The molecule has 0 saturated heterocycles. The third-order valence-corrected chi connectivity index (χ3v) is 3.58. The van der Waals surface area contributed by atoms with Gasteiger partial charge in [0.2, 0.25) is 0 Å². The molecule has 0 aromatic heterocycles. The van der Waals surface area contributed by atoms with Crippen LogP contribution in [0.5, 0.6) is 0 Å². The summed E-state index contributed by atoms with van der Waals surface area (Å²) in [4.78, 5) is 2.14. The van der Waals surface area contributed by atoms with Gasteiger partial charge in [0.15, 0.2) is 0 Å². The molecule has 3 nitrogen and oxygen atoms in total. The van der Waals surface area contributed by atoms with Crippen molar-refractivity contribution in [1.29, 1.82) is 5.41 Å². The third kappa shape index (κ3) is 3.52. The van der Waals surface area contributed by atoms with E-state index in [4.69, 9.17) is 22.7 Å². The Labute approximate surface area is 124 Å². The normalized spacial score (nSPS) is 10.3. The van der Waals surface area contributed by atoms with Gasteiger partial charge in [-0.25, -0.2) is 0 Å². The van der Waals surface area contributed by atoms with Gasteiger partial charge in [-0.05, 0) is 30.2 Å². The molecule has 2 rings (SSSR count). The maximum absolute atomic E-state index is 7.43. The highest BCUT2D eigenvalue weighted by Gasteiger charge is 2.07. The van der Waals surface area contributed by atoms with Crippen LogP contribution >= 0.6 is 11.6 Å². The number of halogens is 1. The van der Waals surface area contributed by atoms with Gasteiger partial charge in [0.25, 0.3) is 0 Å². The smallest absolute Gasteiger partial charge is 0.124 e. The molecule has 0 bridgehead atoms. The molecular weight excluding hydrogens is 270 g/mol. The van der Waals surface area contributed by atoms with Crippen molar-refractivity contribution in [2.75, 3.05) is 18.5 Å². The Bertz CT molecular complexity index is 596. The Morgan fingerprint density at radius 2 is 1.90 bits per heavy atom. The van der Waals surface area contributed by atoms with Crippen molar-refractivity contribution >= 4 is 23.1 Å². The van der Waals surface area contributed by atoms with Crippen LogP contribution in [0.4, 0.5) is 5.69 Å². The molecule has 0 saturated carbocycles. The van der Waals surface area contributed by atoms with E-state index in [1.807, 2.05) is 37.4 Å². The average molecular weight is 288 g/mol. The molecule has 0 heterocycles. The molecule has 104 valence electrons. The number of rotatable bonds is 5. The highest BCUT2D eigenvalue weighted by Crippen LogP contribution is 2.23. The van der Waals surface area contributed by atoms with Gasteiger partial charge < -0.3 is 10.6 Å². The summed E-state index contributed by atoms with van der Waals surface area (Å²) in [5.74, 6) is -0.00603. The number of hydrogen-bond donors (Lipinski definition) is 2. The van der Waals surface area contributed by atoms with Gasteiger partial charge in [0, 0.05) is 24.8 Å². The maximum atomic E-state index is 7.43. The molecule has 3 N–H and O–H groups in total. The summed E-state index contributed by atoms with van der Waals surface area (Å²) in [6.45, 7) is 0.903. The van der Waals surface area contributed by atoms with Crippen LogP contribution in [0.2, 0.25) is 5.02 Å². The predicted molar refractivity (Wildman–Crippen MR) is 85.9 cm³/mol. The van der Waals surface area contributed by atoms with Crippen LogP contribution in [0.1, 0.15) is 11.1 Å². The second-order valence-corrected chi connectivity index (χ2v) is 5.14. The van der Waals surface area contributed by atoms with Crippen LogP contribution < -0.4 is 10.6 Å². The summed E-state index contributed by atoms with van der Waals surface area (Å²) >= 11 is 6.14. The third-order valence-electron chi connectivity index (χ3n) is 3.26. The quantitative estimate of drug-likeness (QED) is 0.655. The second kappa shape index (κ2) is 6.44. The topological polar surface area (TPSA) is 53.1 Å². The van der Waals surface area contributed by atoms with E-state index < -0.39 is 0 Å². The molecule has 0 fully saturated rings. The van der Waals surface area contributed by atoms with Crippen LogP contribution in [0.3, 0.4) is 0 Å². The number of hydrogen-bond acceptors (Lipinski definition) is 2. The SMILES string of the molecule is CN(CCc1ccccc1)c1ccc(C(=N)N)c(Cl)c1. The fourth-order valence-corrected chi connectivity index (χ4v) is 2.31. The second-order valence-electron chi connectivity index (χ2n) is 4.73. The van der Waals surface area contributed by atoms with Crippen molar-refractivity contribution in [2.45, 2.75) is 6.42 Å². The lowest BCUT2D eigenvalue weighted by molar-refractivity contribution is 0.877. The Hall–Kier alpha value is -2.00. The molecule has 0 aliphatic rings. The van der Waals surface area contributed by atoms with Crippen LogP contribution in [-0.2, 0) is 6.42 Å². The molecule has 0 radical (unpaired) electrons. The van der Waals surface area contributed by atoms with E-state index in [1.54, 1.807) is 6.07 Å². The molecule has 0 aliphatic carbocycles. The molecule has 4 heteroatoms. The largest absolute Gasteiger partial charge is 0.384 e. The highest BCUT2D eigenvalue weighted by molar-refractivity contribution is 6.34. The first kappa shape index (κ1) is 14.4. The van der Waals surface area contributed by atoms with E-state index in [2.05, 4.69) is 17.0 Å². The van der Waals surface area contributed by atoms with Crippen molar-refractivity contribution in [2.24, 2.45) is 5.73 Å². The number of nitrogens with zero attached hydrogens (tertiary/aromatic N) is 1. The van der Waals surface area contributed by atoms with Crippen molar-refractivity contribution < 1.29 is 0 Å². The lowest BCUT2D eigenvalue weighted by Gasteiger charge is -2.20. The standard InChI is InChI=1S/C16H18ClN3/c1-20(10-9-12-5-3-2-4-6-12)13-7-8-14(16(18)19)15(17)11-13/h2-8,11H,9-10H2,1H3,(H3,18,19). The first-order valence-electron chi connectivity index (χ1n) is 6.47. The van der Waals surface area contributed by atoms with Gasteiger partial charge in [0.05, 0.1) is 5.02 Å². The summed E-state index contributed by atoms with van der Waals surface area (Å²) in [5, 5.41) is 7.94. The first-order chi connectivity index (χ1) is 9.58. The zero-order valence-electron chi connectivity index (χ0n) is 11.4. The Morgan fingerprint density at radius 1 is 1.20 bits per heavy atom. The maximum Gasteiger partial charge on any atom is 0.124 e. The molecule has 0 unspecified atom stereocenters. The van der Waals surface area contributed by atoms with Crippen LogP contribution in [0.25, 0.3) is 0 Å². The summed E-state index contributed by atoms with van der Waals surface area (Å²) in [7, 11) is 2.03. The van der Waals surface area contributed by atoms with Crippen LogP contribution in [-0.4, -0.2) is 19.4 Å². The highest BCUT2D eigenvalue weighted by atomic mass is 35.5. The summed E-state index contributed by atoms with van der Waals surface area (Å²) < 4.78 is 0. The summed E-state index contributed by atoms with van der Waals surface area (Å²) in [5.41, 5.74) is 8.37. The van der Waals surface area contributed by atoms with E-state index in [9.17, 15) is 0 Å². The fraction of sp³-hybridized carbons (Fsp3) is 0.188. The molecule has 0 spiro atoms. The molecule has 2 aromatic rings. The number of nitrogens with two attached hydrogens (primary N) is 1. The van der Waals surface area contributed by atoms with Crippen LogP contribution in [0, 0.1) is 5.41 Å². The van der Waals surface area contributed by atoms with E-state index in [1.165, 1.54) is 5.56 Å². The van der Waals surface area contributed by atoms with Gasteiger partial charge in [-0.15, -0.1) is 0 Å². The molecule has 0 amide bonds. The molecule has 20 heavy (non-hydrogen) atoms. The lowest BCUT2D eigenvalue weighted by atomic mass is 10.1. The average Bonchev–Trinajstić information content (AvgIpc) is 2.45. The van der Waals surface area contributed by atoms with Gasteiger partial charge in [-0.2, -0.15) is 0 Å². The predicted octanol–water partition coefficient (Wildman–Crippen LogP) is 3.30. The number of anilines is 1. The van der Waals surface area contributed by atoms with Gasteiger partial charge in [-0.1, -0.05) is 41.9 Å². The minimum Gasteiger partial charge on any atom is -0.384 e. The summed E-state index contributed by atoms with van der Waals surface area (Å²) in [6.07, 6.45) is 0.976. The first-order valence-corrected chi connectivity index (χ1v) is 6.84. The van der Waals surface area contributed by atoms with Gasteiger partial charge in [0.1, 0.15) is 5.84 Å². The van der Waals surface area contributed by atoms with Crippen molar-refractivity contribution in [1.82, 2.24) is 0 Å². The van der Waals surface area contributed by atoms with E-state index in [0.717, 1.165) is 18.7 Å². The van der Waals surface area contributed by atoms with E-state index in [-0.39, 0.29) is 5.84 Å². The monoisotopic (exact) mass is 287 g/mol. The van der Waals surface area contributed by atoms with Gasteiger partial charge >= 0.3 is 0 Å². The van der Waals surface area contributed by atoms with Crippen molar-refractivity contribution in [3.05, 3.63) is 64.7 Å².